The van der Waals surface area contributed by atoms with Crippen LogP contribution in [-0.2, 0) is 10.5 Å². The van der Waals surface area contributed by atoms with Gasteiger partial charge in [0.1, 0.15) is 5.41 Å². The molecule has 1 spiro atoms. The fourth-order valence-corrected chi connectivity index (χ4v) is 3.53. The van der Waals surface area contributed by atoms with Crippen molar-refractivity contribution in [2.75, 3.05) is 19.6 Å². The first kappa shape index (κ1) is 12.6. The molecule has 19 heavy (non-hydrogen) atoms. The summed E-state index contributed by atoms with van der Waals surface area (Å²) >= 11 is 0. The van der Waals surface area contributed by atoms with Crippen LogP contribution in [-0.4, -0.2) is 25.5 Å². The minimum absolute atomic E-state index is 0.0817. The highest BCUT2D eigenvalue weighted by molar-refractivity contribution is 5.88. The quantitative estimate of drug-likeness (QED) is 0.808. The van der Waals surface area contributed by atoms with Gasteiger partial charge in [-0.3, -0.25) is 4.79 Å². The molecule has 2 atom stereocenters. The molecular weight excluding hydrogens is 243 g/mol. The molecule has 3 rings (SSSR count). The van der Waals surface area contributed by atoms with Crippen molar-refractivity contribution in [1.29, 1.82) is 0 Å². The zero-order valence-corrected chi connectivity index (χ0v) is 11.1. The summed E-state index contributed by atoms with van der Waals surface area (Å²) in [6.07, 6.45) is 1.45. The molecule has 2 heterocycles. The molecule has 2 saturated heterocycles. The molecule has 3 nitrogen and oxygen atoms in total. The van der Waals surface area contributed by atoms with Crippen LogP contribution in [0, 0.1) is 12.3 Å². The lowest BCUT2D eigenvalue weighted by atomic mass is 9.66. The molecule has 2 N–H and O–H groups in total. The first-order chi connectivity index (χ1) is 9.10. The van der Waals surface area contributed by atoms with Gasteiger partial charge >= 0.3 is 0 Å². The molecular formula is C15H19FN2O. The summed E-state index contributed by atoms with van der Waals surface area (Å²) in [6, 6.07) is 7.46. The Morgan fingerprint density at radius 3 is 2.74 bits per heavy atom. The molecule has 0 aromatic heterocycles. The van der Waals surface area contributed by atoms with Gasteiger partial charge in [0.15, 0.2) is 5.67 Å². The van der Waals surface area contributed by atoms with E-state index >= 15 is 4.39 Å². The molecule has 0 bridgehead atoms. The Hall–Kier alpha value is -1.42. The maximum Gasteiger partial charge on any atom is 0.231 e. The van der Waals surface area contributed by atoms with Gasteiger partial charge in [0.2, 0.25) is 5.91 Å². The summed E-state index contributed by atoms with van der Waals surface area (Å²) in [7, 11) is 0. The Morgan fingerprint density at radius 1 is 1.26 bits per heavy atom. The number of nitrogens with one attached hydrogen (secondary N) is 2. The molecule has 0 saturated carbocycles. The van der Waals surface area contributed by atoms with E-state index in [1.807, 2.05) is 31.2 Å². The van der Waals surface area contributed by atoms with Crippen LogP contribution in [0.25, 0.3) is 0 Å². The molecule has 102 valence electrons. The molecule has 2 aliphatic rings. The third kappa shape index (κ3) is 1.62. The summed E-state index contributed by atoms with van der Waals surface area (Å²) in [5.74, 6) is -0.148. The molecule has 0 aliphatic carbocycles. The van der Waals surface area contributed by atoms with Crippen LogP contribution in [0.2, 0.25) is 0 Å². The summed E-state index contributed by atoms with van der Waals surface area (Å²) < 4.78 is 15.8. The predicted octanol–water partition coefficient (Wildman–Crippen LogP) is 1.66. The molecule has 2 unspecified atom stereocenters. The molecule has 4 heteroatoms. The number of aryl methyl sites for hydroxylation is 1. The second-order valence-electron chi connectivity index (χ2n) is 5.66. The minimum atomic E-state index is -1.61. The van der Waals surface area contributed by atoms with Crippen LogP contribution in [0.4, 0.5) is 4.39 Å². The number of carbonyl (C=O) groups excluding carboxylic acids is 1. The van der Waals surface area contributed by atoms with Crippen molar-refractivity contribution in [3.05, 3.63) is 35.4 Å². The van der Waals surface area contributed by atoms with Gasteiger partial charge in [0.25, 0.3) is 0 Å². The lowest BCUT2D eigenvalue weighted by Crippen LogP contribution is -2.53. The Labute approximate surface area is 112 Å². The first-order valence-corrected chi connectivity index (χ1v) is 6.84. The van der Waals surface area contributed by atoms with E-state index < -0.39 is 11.1 Å². The largest absolute Gasteiger partial charge is 0.352 e. The third-order valence-electron chi connectivity index (χ3n) is 4.64. The normalized spacial score (nSPS) is 34.5. The van der Waals surface area contributed by atoms with E-state index in [-0.39, 0.29) is 12.5 Å². The van der Waals surface area contributed by atoms with E-state index in [4.69, 9.17) is 0 Å². The summed E-state index contributed by atoms with van der Waals surface area (Å²) in [4.78, 5) is 12.3. The van der Waals surface area contributed by atoms with E-state index in [2.05, 4.69) is 10.6 Å². The van der Waals surface area contributed by atoms with Gasteiger partial charge in [-0.25, -0.2) is 4.39 Å². The number of halogens is 1. The molecule has 1 aromatic carbocycles. The van der Waals surface area contributed by atoms with Crippen LogP contribution >= 0.6 is 0 Å². The minimum Gasteiger partial charge on any atom is -0.352 e. The SMILES string of the molecule is Cc1ccccc1C1(F)CNC(=O)C12CCCNC2. The number of carbonyl (C=O) groups is 1. The number of hydrogen-bond acceptors (Lipinski definition) is 2. The van der Waals surface area contributed by atoms with Crippen molar-refractivity contribution in [1.82, 2.24) is 10.6 Å². The van der Waals surface area contributed by atoms with E-state index in [9.17, 15) is 4.79 Å². The van der Waals surface area contributed by atoms with E-state index in [0.717, 1.165) is 18.5 Å². The zero-order chi connectivity index (χ0) is 13.5. The standard InChI is InChI=1S/C15H19FN2O/c1-11-5-2-3-6-12(11)15(16)10-18-13(19)14(15)7-4-8-17-9-14/h2-3,5-6,17H,4,7-10H2,1H3,(H,18,19). The topological polar surface area (TPSA) is 41.1 Å². The van der Waals surface area contributed by atoms with Gasteiger partial charge in [0.05, 0.1) is 6.54 Å². The fraction of sp³-hybridized carbons (Fsp3) is 0.533. The number of alkyl halides is 1. The number of benzene rings is 1. The number of piperidine rings is 1. The van der Waals surface area contributed by atoms with Crippen molar-refractivity contribution in [3.8, 4) is 0 Å². The van der Waals surface area contributed by atoms with Gasteiger partial charge in [-0.05, 0) is 37.4 Å². The molecule has 1 amide bonds. The van der Waals surface area contributed by atoms with E-state index in [0.29, 0.717) is 18.5 Å². The lowest BCUT2D eigenvalue weighted by molar-refractivity contribution is -0.134. The van der Waals surface area contributed by atoms with Gasteiger partial charge < -0.3 is 10.6 Å². The third-order valence-corrected chi connectivity index (χ3v) is 4.64. The highest BCUT2D eigenvalue weighted by Gasteiger charge is 2.63. The Bertz CT molecular complexity index is 511. The highest BCUT2D eigenvalue weighted by atomic mass is 19.1. The van der Waals surface area contributed by atoms with Crippen LogP contribution in [0.3, 0.4) is 0 Å². The van der Waals surface area contributed by atoms with E-state index in [1.54, 1.807) is 0 Å². The number of rotatable bonds is 1. The number of amides is 1. The first-order valence-electron chi connectivity index (χ1n) is 6.84. The second-order valence-corrected chi connectivity index (χ2v) is 5.66. The van der Waals surface area contributed by atoms with Crippen LogP contribution < -0.4 is 10.6 Å². The van der Waals surface area contributed by atoms with Crippen LogP contribution in [0.5, 0.6) is 0 Å². The average Bonchev–Trinajstić information content (AvgIpc) is 2.67. The second kappa shape index (κ2) is 4.30. The monoisotopic (exact) mass is 262 g/mol. The Kier molecular flexibility index (Phi) is 2.86. The van der Waals surface area contributed by atoms with Crippen LogP contribution in [0.1, 0.15) is 24.0 Å². The van der Waals surface area contributed by atoms with Crippen molar-refractivity contribution in [3.63, 3.8) is 0 Å². The Balaban J connectivity index is 2.11. The number of hydrogen-bond donors (Lipinski definition) is 2. The lowest BCUT2D eigenvalue weighted by Gasteiger charge is -2.41. The molecule has 2 aliphatic heterocycles. The van der Waals surface area contributed by atoms with Crippen molar-refractivity contribution in [2.45, 2.75) is 25.4 Å². The molecule has 2 fully saturated rings. The molecule has 0 radical (unpaired) electrons. The summed E-state index contributed by atoms with van der Waals surface area (Å²) in [5, 5.41) is 5.93. The Morgan fingerprint density at radius 2 is 2.05 bits per heavy atom. The average molecular weight is 262 g/mol. The van der Waals surface area contributed by atoms with Crippen molar-refractivity contribution < 1.29 is 9.18 Å². The summed E-state index contributed by atoms with van der Waals surface area (Å²) in [5.41, 5.74) is -0.997. The highest BCUT2D eigenvalue weighted by Crippen LogP contribution is 2.51. The van der Waals surface area contributed by atoms with Gasteiger partial charge in [-0.1, -0.05) is 24.3 Å². The molecule has 1 aromatic rings. The van der Waals surface area contributed by atoms with Crippen molar-refractivity contribution >= 4 is 5.91 Å². The smallest absolute Gasteiger partial charge is 0.231 e. The van der Waals surface area contributed by atoms with Gasteiger partial charge in [0, 0.05) is 6.54 Å². The van der Waals surface area contributed by atoms with Gasteiger partial charge in [-0.15, -0.1) is 0 Å². The fourth-order valence-electron chi connectivity index (χ4n) is 3.53. The zero-order valence-electron chi connectivity index (χ0n) is 11.1. The van der Waals surface area contributed by atoms with Crippen molar-refractivity contribution in [2.24, 2.45) is 5.41 Å². The maximum absolute atomic E-state index is 15.8. The summed E-state index contributed by atoms with van der Waals surface area (Å²) in [6.45, 7) is 3.27. The van der Waals surface area contributed by atoms with E-state index in [1.165, 1.54) is 0 Å². The predicted molar refractivity (Wildman–Crippen MR) is 71.5 cm³/mol. The van der Waals surface area contributed by atoms with Crippen LogP contribution in [0.15, 0.2) is 24.3 Å². The van der Waals surface area contributed by atoms with Gasteiger partial charge in [-0.2, -0.15) is 0 Å². The maximum atomic E-state index is 15.8.